The maximum atomic E-state index is 5.04. The molecule has 0 amide bonds. The van der Waals surface area contributed by atoms with Gasteiger partial charge in [0.15, 0.2) is 0 Å². The Morgan fingerprint density at radius 1 is 1.36 bits per heavy atom. The highest BCUT2D eigenvalue weighted by atomic mass is 16.5. The third-order valence-electron chi connectivity index (χ3n) is 3.40. The second-order valence-corrected chi connectivity index (χ2v) is 4.81. The molecule has 0 bridgehead atoms. The normalized spacial score (nSPS) is 28.3. The average molecular weight is 199 g/mol. The Labute approximate surface area is 88.4 Å². The Morgan fingerprint density at radius 2 is 2.14 bits per heavy atom. The molecule has 0 aromatic carbocycles. The number of hydrogen-bond acceptors (Lipinski definition) is 2. The summed E-state index contributed by atoms with van der Waals surface area (Å²) in [5.74, 6) is 1.78. The van der Waals surface area contributed by atoms with Crippen molar-refractivity contribution in [2.24, 2.45) is 11.8 Å². The molecule has 14 heavy (non-hydrogen) atoms. The van der Waals surface area contributed by atoms with E-state index < -0.39 is 0 Å². The molecule has 1 fully saturated rings. The van der Waals surface area contributed by atoms with Crippen molar-refractivity contribution in [2.75, 3.05) is 20.3 Å². The first-order valence-corrected chi connectivity index (χ1v) is 5.96. The molecular formula is C12H25NO. The molecule has 0 aromatic heterocycles. The van der Waals surface area contributed by atoms with E-state index in [1.165, 1.54) is 25.7 Å². The molecule has 1 N–H and O–H groups in total. The van der Waals surface area contributed by atoms with E-state index in [4.69, 9.17) is 4.74 Å². The summed E-state index contributed by atoms with van der Waals surface area (Å²) < 4.78 is 5.04. The highest BCUT2D eigenvalue weighted by Crippen LogP contribution is 2.29. The van der Waals surface area contributed by atoms with E-state index in [1.54, 1.807) is 7.11 Å². The van der Waals surface area contributed by atoms with Crippen molar-refractivity contribution >= 4 is 0 Å². The molecule has 2 unspecified atom stereocenters. The molecule has 2 nitrogen and oxygen atoms in total. The summed E-state index contributed by atoms with van der Waals surface area (Å²) in [6.07, 6.45) is 5.54. The molecule has 1 saturated carbocycles. The Morgan fingerprint density at radius 3 is 2.79 bits per heavy atom. The monoisotopic (exact) mass is 199 g/mol. The van der Waals surface area contributed by atoms with Crippen LogP contribution in [0.4, 0.5) is 0 Å². The SMILES string of the molecule is COCCNC1CCCC(C(C)C)C1. The van der Waals surface area contributed by atoms with Crippen LogP contribution < -0.4 is 5.32 Å². The lowest BCUT2D eigenvalue weighted by molar-refractivity contribution is 0.180. The largest absolute Gasteiger partial charge is 0.383 e. The number of nitrogens with one attached hydrogen (secondary N) is 1. The number of hydrogen-bond donors (Lipinski definition) is 1. The maximum absolute atomic E-state index is 5.04. The van der Waals surface area contributed by atoms with Crippen LogP contribution in [0.1, 0.15) is 39.5 Å². The Hall–Kier alpha value is -0.0800. The third kappa shape index (κ3) is 3.97. The summed E-state index contributed by atoms with van der Waals surface area (Å²) in [6.45, 7) is 6.54. The second kappa shape index (κ2) is 6.41. The number of methoxy groups -OCH3 is 1. The van der Waals surface area contributed by atoms with Gasteiger partial charge < -0.3 is 10.1 Å². The Balaban J connectivity index is 2.19. The first-order chi connectivity index (χ1) is 6.74. The van der Waals surface area contributed by atoms with Gasteiger partial charge in [-0.1, -0.05) is 26.7 Å². The van der Waals surface area contributed by atoms with E-state index in [-0.39, 0.29) is 0 Å². The lowest BCUT2D eigenvalue weighted by Crippen LogP contribution is -2.37. The molecule has 0 aromatic rings. The molecule has 1 aliphatic carbocycles. The molecule has 0 spiro atoms. The van der Waals surface area contributed by atoms with Crippen LogP contribution in [0.25, 0.3) is 0 Å². The van der Waals surface area contributed by atoms with Crippen molar-refractivity contribution in [1.29, 1.82) is 0 Å². The lowest BCUT2D eigenvalue weighted by atomic mass is 9.79. The Bertz CT molecular complexity index is 147. The van der Waals surface area contributed by atoms with Crippen molar-refractivity contribution in [3.8, 4) is 0 Å². The van der Waals surface area contributed by atoms with Crippen LogP contribution in [0.3, 0.4) is 0 Å². The summed E-state index contributed by atoms with van der Waals surface area (Å²) in [5, 5.41) is 3.58. The van der Waals surface area contributed by atoms with Crippen molar-refractivity contribution in [2.45, 2.75) is 45.6 Å². The molecule has 0 aliphatic heterocycles. The molecular weight excluding hydrogens is 174 g/mol. The van der Waals surface area contributed by atoms with Crippen LogP contribution in [0.15, 0.2) is 0 Å². The van der Waals surface area contributed by atoms with E-state index in [9.17, 15) is 0 Å². The highest BCUT2D eigenvalue weighted by Gasteiger charge is 2.23. The van der Waals surface area contributed by atoms with Crippen molar-refractivity contribution < 1.29 is 4.74 Å². The predicted octanol–water partition coefficient (Wildman–Crippen LogP) is 2.44. The Kier molecular flexibility index (Phi) is 5.49. The first-order valence-electron chi connectivity index (χ1n) is 5.96. The van der Waals surface area contributed by atoms with E-state index in [0.29, 0.717) is 0 Å². The third-order valence-corrected chi connectivity index (χ3v) is 3.40. The minimum Gasteiger partial charge on any atom is -0.383 e. The van der Waals surface area contributed by atoms with Gasteiger partial charge in [-0.15, -0.1) is 0 Å². The second-order valence-electron chi connectivity index (χ2n) is 4.81. The molecule has 2 heteroatoms. The van der Waals surface area contributed by atoms with Gasteiger partial charge in [-0.2, -0.15) is 0 Å². The summed E-state index contributed by atoms with van der Waals surface area (Å²) >= 11 is 0. The molecule has 2 atom stereocenters. The fraction of sp³-hybridized carbons (Fsp3) is 1.00. The van der Waals surface area contributed by atoms with Gasteiger partial charge in [0.25, 0.3) is 0 Å². The average Bonchev–Trinajstić information content (AvgIpc) is 2.19. The molecule has 0 radical (unpaired) electrons. The topological polar surface area (TPSA) is 21.3 Å². The summed E-state index contributed by atoms with van der Waals surface area (Å²) in [7, 11) is 1.76. The van der Waals surface area contributed by atoms with Gasteiger partial charge in [-0.25, -0.2) is 0 Å². The number of rotatable bonds is 5. The maximum Gasteiger partial charge on any atom is 0.0587 e. The van der Waals surface area contributed by atoms with Crippen LogP contribution in [-0.2, 0) is 4.74 Å². The quantitative estimate of drug-likeness (QED) is 0.687. The van der Waals surface area contributed by atoms with Crippen molar-refractivity contribution in [3.05, 3.63) is 0 Å². The molecule has 1 aliphatic rings. The molecule has 1 rings (SSSR count). The molecule has 0 heterocycles. The van der Waals surface area contributed by atoms with Gasteiger partial charge in [-0.05, 0) is 24.7 Å². The zero-order chi connectivity index (χ0) is 10.4. The smallest absolute Gasteiger partial charge is 0.0587 e. The van der Waals surface area contributed by atoms with Gasteiger partial charge in [0, 0.05) is 19.7 Å². The first kappa shape index (κ1) is 12.0. The predicted molar refractivity (Wildman–Crippen MR) is 60.5 cm³/mol. The van der Waals surface area contributed by atoms with Gasteiger partial charge in [0.2, 0.25) is 0 Å². The zero-order valence-electron chi connectivity index (χ0n) is 9.88. The van der Waals surface area contributed by atoms with Crippen LogP contribution in [-0.4, -0.2) is 26.3 Å². The van der Waals surface area contributed by atoms with Gasteiger partial charge in [0.1, 0.15) is 0 Å². The zero-order valence-corrected chi connectivity index (χ0v) is 9.88. The van der Waals surface area contributed by atoms with E-state index in [0.717, 1.165) is 31.0 Å². The van der Waals surface area contributed by atoms with Gasteiger partial charge >= 0.3 is 0 Å². The lowest BCUT2D eigenvalue weighted by Gasteiger charge is -2.32. The fourth-order valence-corrected chi connectivity index (χ4v) is 2.38. The van der Waals surface area contributed by atoms with Crippen molar-refractivity contribution in [1.82, 2.24) is 5.32 Å². The van der Waals surface area contributed by atoms with Crippen molar-refractivity contribution in [3.63, 3.8) is 0 Å². The van der Waals surface area contributed by atoms with Crippen LogP contribution in [0.2, 0.25) is 0 Å². The highest BCUT2D eigenvalue weighted by molar-refractivity contribution is 4.79. The van der Waals surface area contributed by atoms with E-state index in [2.05, 4.69) is 19.2 Å². The van der Waals surface area contributed by atoms with Gasteiger partial charge in [-0.3, -0.25) is 0 Å². The minimum atomic E-state index is 0.742. The van der Waals surface area contributed by atoms with E-state index >= 15 is 0 Å². The van der Waals surface area contributed by atoms with Gasteiger partial charge in [0.05, 0.1) is 6.61 Å². The molecule has 0 saturated heterocycles. The summed E-state index contributed by atoms with van der Waals surface area (Å²) in [6, 6.07) is 0.742. The summed E-state index contributed by atoms with van der Waals surface area (Å²) in [5.41, 5.74) is 0. The van der Waals surface area contributed by atoms with E-state index in [1.807, 2.05) is 0 Å². The van der Waals surface area contributed by atoms with Crippen LogP contribution in [0.5, 0.6) is 0 Å². The minimum absolute atomic E-state index is 0.742. The standard InChI is InChI=1S/C12H25NO/c1-10(2)11-5-4-6-12(9-11)13-7-8-14-3/h10-13H,4-9H2,1-3H3. The molecule has 84 valence electrons. The van der Waals surface area contributed by atoms with Crippen LogP contribution in [0, 0.1) is 11.8 Å². The van der Waals surface area contributed by atoms with Crippen LogP contribution >= 0.6 is 0 Å². The fourth-order valence-electron chi connectivity index (χ4n) is 2.38. The summed E-state index contributed by atoms with van der Waals surface area (Å²) in [4.78, 5) is 0. The number of ether oxygens (including phenoxy) is 1.